The van der Waals surface area contributed by atoms with Crippen molar-refractivity contribution in [2.24, 2.45) is 5.92 Å². The van der Waals surface area contributed by atoms with Crippen molar-refractivity contribution >= 4 is 23.5 Å². The van der Waals surface area contributed by atoms with Gasteiger partial charge in [-0.2, -0.15) is 5.01 Å². The summed E-state index contributed by atoms with van der Waals surface area (Å²) in [6.07, 6.45) is 2.90. The molecular formula is C23H33N5O4. The Morgan fingerprint density at radius 3 is 2.72 bits per heavy atom. The van der Waals surface area contributed by atoms with Crippen LogP contribution in [-0.4, -0.2) is 72.6 Å². The molecule has 1 atom stereocenters. The number of anilines is 1. The molecule has 9 nitrogen and oxygen atoms in total. The second kappa shape index (κ2) is 8.97. The standard InChI is InChI=1S/C23H33N5O4/c1-4-27-14-17(32-19-8-6-5-7-18(19)27)13-26(3)15-20(29)25-28-21(30)23(24-22(28)31)11-9-16(2)10-12-23/h5-8,16-17H,4,9-15H2,1-3H3,(H,24,31)(H,25,29)/t16?,17-,23?/m1/s1. The number of amides is 4. The molecule has 2 aliphatic heterocycles. The molecule has 1 aliphatic carbocycles. The Labute approximate surface area is 189 Å². The molecular weight excluding hydrogens is 410 g/mol. The number of nitrogens with one attached hydrogen (secondary N) is 2. The Kier molecular flexibility index (Phi) is 6.28. The van der Waals surface area contributed by atoms with Crippen LogP contribution < -0.4 is 20.4 Å². The summed E-state index contributed by atoms with van der Waals surface area (Å²) in [5.41, 5.74) is 2.72. The van der Waals surface area contributed by atoms with Gasteiger partial charge in [0.25, 0.3) is 11.8 Å². The molecule has 9 heteroatoms. The van der Waals surface area contributed by atoms with Gasteiger partial charge in [-0.15, -0.1) is 0 Å². The highest BCUT2D eigenvalue weighted by Crippen LogP contribution is 2.36. The third-order valence-electron chi connectivity index (χ3n) is 6.76. The zero-order valence-corrected chi connectivity index (χ0v) is 19.1. The van der Waals surface area contributed by atoms with Gasteiger partial charge in [-0.1, -0.05) is 19.1 Å². The Hall–Kier alpha value is -2.81. The number of urea groups is 1. The van der Waals surface area contributed by atoms with Gasteiger partial charge in [-0.05, 0) is 57.7 Å². The van der Waals surface area contributed by atoms with Gasteiger partial charge in [0.05, 0.1) is 18.8 Å². The van der Waals surface area contributed by atoms with Gasteiger partial charge in [0.2, 0.25) is 0 Å². The molecule has 3 aliphatic rings. The molecule has 1 aromatic rings. The number of imide groups is 1. The maximum Gasteiger partial charge on any atom is 0.344 e. The van der Waals surface area contributed by atoms with E-state index in [1.807, 2.05) is 36.2 Å². The first-order valence-electron chi connectivity index (χ1n) is 11.5. The Balaban J connectivity index is 1.31. The fourth-order valence-electron chi connectivity index (χ4n) is 4.91. The highest BCUT2D eigenvalue weighted by Gasteiger charge is 2.52. The highest BCUT2D eigenvalue weighted by molar-refractivity contribution is 6.08. The second-order valence-electron chi connectivity index (χ2n) is 9.31. The molecule has 1 spiro atoms. The smallest absolute Gasteiger partial charge is 0.344 e. The van der Waals surface area contributed by atoms with Crippen LogP contribution >= 0.6 is 0 Å². The minimum Gasteiger partial charge on any atom is -0.485 e. The van der Waals surface area contributed by atoms with E-state index in [9.17, 15) is 14.4 Å². The monoisotopic (exact) mass is 443 g/mol. The fraction of sp³-hybridized carbons (Fsp3) is 0.609. The van der Waals surface area contributed by atoms with Crippen molar-refractivity contribution in [3.05, 3.63) is 24.3 Å². The lowest BCUT2D eigenvalue weighted by molar-refractivity contribution is -0.140. The molecule has 1 saturated carbocycles. The van der Waals surface area contributed by atoms with Crippen LogP contribution in [-0.2, 0) is 9.59 Å². The summed E-state index contributed by atoms with van der Waals surface area (Å²) in [6.45, 7) is 6.45. The lowest BCUT2D eigenvalue weighted by Crippen LogP contribution is -2.53. The minimum absolute atomic E-state index is 0.0503. The van der Waals surface area contributed by atoms with Crippen molar-refractivity contribution in [2.45, 2.75) is 51.2 Å². The van der Waals surface area contributed by atoms with E-state index in [0.29, 0.717) is 25.3 Å². The fourth-order valence-corrected chi connectivity index (χ4v) is 4.91. The first-order chi connectivity index (χ1) is 15.3. The number of para-hydroxylation sites is 2. The molecule has 2 N–H and O–H groups in total. The first-order valence-corrected chi connectivity index (χ1v) is 11.5. The molecule has 0 bridgehead atoms. The van der Waals surface area contributed by atoms with Gasteiger partial charge in [0.1, 0.15) is 17.4 Å². The van der Waals surface area contributed by atoms with E-state index >= 15 is 0 Å². The molecule has 0 unspecified atom stereocenters. The number of rotatable bonds is 6. The van der Waals surface area contributed by atoms with Gasteiger partial charge >= 0.3 is 6.03 Å². The Bertz CT molecular complexity index is 883. The number of hydrogen-bond acceptors (Lipinski definition) is 6. The summed E-state index contributed by atoms with van der Waals surface area (Å²) in [5, 5.41) is 3.68. The number of fused-ring (bicyclic) bond motifs is 1. The zero-order chi connectivity index (χ0) is 22.9. The van der Waals surface area contributed by atoms with E-state index in [-0.39, 0.29) is 18.6 Å². The molecule has 4 rings (SSSR count). The van der Waals surface area contributed by atoms with Crippen LogP contribution in [0.5, 0.6) is 5.75 Å². The van der Waals surface area contributed by atoms with Crippen molar-refractivity contribution in [1.82, 2.24) is 20.7 Å². The van der Waals surface area contributed by atoms with Crippen LogP contribution in [0, 0.1) is 5.92 Å². The maximum atomic E-state index is 12.9. The third kappa shape index (κ3) is 4.39. The summed E-state index contributed by atoms with van der Waals surface area (Å²) in [7, 11) is 1.83. The summed E-state index contributed by atoms with van der Waals surface area (Å²) in [4.78, 5) is 42.0. The zero-order valence-electron chi connectivity index (χ0n) is 19.1. The minimum atomic E-state index is -0.865. The van der Waals surface area contributed by atoms with Crippen molar-refractivity contribution in [3.63, 3.8) is 0 Å². The molecule has 2 heterocycles. The van der Waals surface area contributed by atoms with Gasteiger partial charge in [-0.25, -0.2) is 4.79 Å². The van der Waals surface area contributed by atoms with Gasteiger partial charge in [-0.3, -0.25) is 19.9 Å². The molecule has 1 saturated heterocycles. The largest absolute Gasteiger partial charge is 0.485 e. The molecule has 4 amide bonds. The molecule has 0 radical (unpaired) electrons. The molecule has 1 aromatic carbocycles. The van der Waals surface area contributed by atoms with Crippen LogP contribution in [0.4, 0.5) is 10.5 Å². The topological polar surface area (TPSA) is 94.2 Å². The SMILES string of the molecule is CCN1C[C@@H](CN(C)CC(=O)NN2C(=O)NC3(CCC(C)CC3)C2=O)Oc2ccccc21. The number of nitrogens with zero attached hydrogens (tertiary/aromatic N) is 3. The van der Waals surface area contributed by atoms with E-state index in [1.54, 1.807) is 0 Å². The van der Waals surface area contributed by atoms with Crippen LogP contribution in [0.15, 0.2) is 24.3 Å². The number of hydrazine groups is 1. The van der Waals surface area contributed by atoms with Gasteiger partial charge in [0, 0.05) is 13.1 Å². The van der Waals surface area contributed by atoms with Crippen molar-refractivity contribution in [3.8, 4) is 5.75 Å². The third-order valence-corrected chi connectivity index (χ3v) is 6.76. The maximum absolute atomic E-state index is 12.9. The number of carbonyl (C=O) groups excluding carboxylic acids is 3. The number of hydrogen-bond donors (Lipinski definition) is 2. The van der Waals surface area contributed by atoms with Crippen LogP contribution in [0.1, 0.15) is 39.5 Å². The Morgan fingerprint density at radius 2 is 2.00 bits per heavy atom. The predicted molar refractivity (Wildman–Crippen MR) is 120 cm³/mol. The Morgan fingerprint density at radius 1 is 1.28 bits per heavy atom. The first kappa shape index (κ1) is 22.4. The summed E-state index contributed by atoms with van der Waals surface area (Å²) >= 11 is 0. The summed E-state index contributed by atoms with van der Waals surface area (Å²) in [6, 6.07) is 7.39. The average Bonchev–Trinajstić information content (AvgIpc) is 2.99. The van der Waals surface area contributed by atoms with Gasteiger partial charge < -0.3 is 15.0 Å². The summed E-state index contributed by atoms with van der Waals surface area (Å²) < 4.78 is 6.12. The van der Waals surface area contributed by atoms with Crippen molar-refractivity contribution in [2.75, 3.05) is 38.1 Å². The number of carbonyl (C=O) groups is 3. The van der Waals surface area contributed by atoms with Crippen LogP contribution in [0.2, 0.25) is 0 Å². The summed E-state index contributed by atoms with van der Waals surface area (Å²) in [5.74, 6) is 0.632. The van der Waals surface area contributed by atoms with Gasteiger partial charge in [0.15, 0.2) is 0 Å². The lowest BCUT2D eigenvalue weighted by atomic mass is 9.77. The molecule has 2 fully saturated rings. The van der Waals surface area contributed by atoms with E-state index in [0.717, 1.165) is 42.4 Å². The van der Waals surface area contributed by atoms with E-state index in [4.69, 9.17) is 4.74 Å². The van der Waals surface area contributed by atoms with E-state index in [1.165, 1.54) is 0 Å². The normalized spacial score (nSPS) is 27.4. The van der Waals surface area contributed by atoms with Crippen molar-refractivity contribution in [1.29, 1.82) is 0 Å². The van der Waals surface area contributed by atoms with Crippen molar-refractivity contribution < 1.29 is 19.1 Å². The number of ether oxygens (including phenoxy) is 1. The number of likely N-dealkylation sites (N-methyl/N-ethyl adjacent to an activating group) is 2. The quantitative estimate of drug-likeness (QED) is 0.651. The van der Waals surface area contributed by atoms with E-state index in [2.05, 4.69) is 29.5 Å². The average molecular weight is 444 g/mol. The van der Waals surface area contributed by atoms with Crippen LogP contribution in [0.25, 0.3) is 0 Å². The lowest BCUT2D eigenvalue weighted by Gasteiger charge is -2.37. The highest BCUT2D eigenvalue weighted by atomic mass is 16.5. The predicted octanol–water partition coefficient (Wildman–Crippen LogP) is 1.74. The molecule has 32 heavy (non-hydrogen) atoms. The van der Waals surface area contributed by atoms with Crippen LogP contribution in [0.3, 0.4) is 0 Å². The molecule has 0 aromatic heterocycles. The van der Waals surface area contributed by atoms with E-state index < -0.39 is 17.5 Å². The number of benzene rings is 1. The molecule has 174 valence electrons. The second-order valence-corrected chi connectivity index (χ2v) is 9.31.